The van der Waals surface area contributed by atoms with Crippen LogP contribution in [0.5, 0.6) is 11.5 Å². The molecule has 4 nitrogen and oxygen atoms in total. The van der Waals surface area contributed by atoms with Crippen molar-refractivity contribution in [3.05, 3.63) is 64.6 Å². The Bertz CT molecular complexity index is 865. The summed E-state index contributed by atoms with van der Waals surface area (Å²) >= 11 is 6.46. The van der Waals surface area contributed by atoms with Gasteiger partial charge in [0.2, 0.25) is 0 Å². The highest BCUT2D eigenvalue weighted by molar-refractivity contribution is 8.26. The fraction of sp³-hybridized carbons (Fsp3) is 0.200. The van der Waals surface area contributed by atoms with Crippen molar-refractivity contribution in [2.75, 3.05) is 14.2 Å². The van der Waals surface area contributed by atoms with Gasteiger partial charge in [0.1, 0.15) is 10.4 Å². The number of carbonyl (C=O) groups is 1. The SMILES string of the molecule is COc1cc(/C=C2/SC(=S)N(C)C2=O)ccc1O[C@H](C)c1ccccc1. The highest BCUT2D eigenvalue weighted by atomic mass is 32.2. The molecule has 0 aromatic heterocycles. The molecule has 1 heterocycles. The molecule has 1 aliphatic heterocycles. The van der Waals surface area contributed by atoms with Gasteiger partial charge >= 0.3 is 0 Å². The van der Waals surface area contributed by atoms with Crippen molar-refractivity contribution in [1.82, 2.24) is 4.90 Å². The standard InChI is InChI=1S/C20H19NO3S2/c1-13(15-7-5-4-6-8-15)24-16-10-9-14(11-17(16)23-3)12-18-19(22)21(2)20(25)26-18/h4-13H,1-3H3/b18-12+/t13-/m1/s1. The molecule has 1 fully saturated rings. The van der Waals surface area contributed by atoms with Gasteiger partial charge in [-0.05, 0) is 36.3 Å². The van der Waals surface area contributed by atoms with Crippen LogP contribution in [-0.4, -0.2) is 29.3 Å². The summed E-state index contributed by atoms with van der Waals surface area (Å²) in [5.74, 6) is 1.19. The minimum absolute atomic E-state index is 0.0861. The monoisotopic (exact) mass is 385 g/mol. The highest BCUT2D eigenvalue weighted by Gasteiger charge is 2.28. The van der Waals surface area contributed by atoms with Gasteiger partial charge in [-0.25, -0.2) is 0 Å². The first-order chi connectivity index (χ1) is 12.5. The number of methoxy groups -OCH3 is 1. The largest absolute Gasteiger partial charge is 0.493 e. The maximum Gasteiger partial charge on any atom is 0.265 e. The molecule has 0 spiro atoms. The highest BCUT2D eigenvalue weighted by Crippen LogP contribution is 2.35. The van der Waals surface area contributed by atoms with E-state index in [4.69, 9.17) is 21.7 Å². The van der Waals surface area contributed by atoms with Gasteiger partial charge in [0, 0.05) is 7.05 Å². The minimum Gasteiger partial charge on any atom is -0.493 e. The molecule has 0 aliphatic carbocycles. The molecule has 6 heteroatoms. The second-order valence-corrected chi connectivity index (χ2v) is 7.50. The lowest BCUT2D eigenvalue weighted by molar-refractivity contribution is -0.121. The lowest BCUT2D eigenvalue weighted by Gasteiger charge is -2.17. The van der Waals surface area contributed by atoms with E-state index in [0.29, 0.717) is 20.7 Å². The normalized spacial score (nSPS) is 16.9. The Balaban J connectivity index is 1.82. The van der Waals surface area contributed by atoms with E-state index in [0.717, 1.165) is 11.1 Å². The molecule has 0 N–H and O–H groups in total. The third kappa shape index (κ3) is 3.92. The molecule has 0 radical (unpaired) electrons. The summed E-state index contributed by atoms with van der Waals surface area (Å²) in [7, 11) is 3.28. The Morgan fingerprint density at radius 3 is 2.50 bits per heavy atom. The van der Waals surface area contributed by atoms with Gasteiger partial charge in [-0.2, -0.15) is 0 Å². The number of amides is 1. The summed E-state index contributed by atoms with van der Waals surface area (Å²) in [5, 5.41) is 0. The number of hydrogen-bond donors (Lipinski definition) is 0. The average Bonchev–Trinajstić information content (AvgIpc) is 2.90. The lowest BCUT2D eigenvalue weighted by atomic mass is 10.1. The van der Waals surface area contributed by atoms with Crippen LogP contribution in [0.3, 0.4) is 0 Å². The van der Waals surface area contributed by atoms with E-state index >= 15 is 0 Å². The van der Waals surface area contributed by atoms with Crippen LogP contribution in [0.2, 0.25) is 0 Å². The summed E-state index contributed by atoms with van der Waals surface area (Å²) in [6, 6.07) is 15.6. The predicted octanol–water partition coefficient (Wildman–Crippen LogP) is 4.67. The zero-order valence-electron chi connectivity index (χ0n) is 14.8. The van der Waals surface area contributed by atoms with Crippen LogP contribution in [-0.2, 0) is 4.79 Å². The number of thioether (sulfide) groups is 1. The summed E-state index contributed by atoms with van der Waals surface area (Å²) in [4.78, 5) is 14.2. The molecule has 0 bridgehead atoms. The topological polar surface area (TPSA) is 38.8 Å². The smallest absolute Gasteiger partial charge is 0.265 e. The second-order valence-electron chi connectivity index (χ2n) is 5.82. The molecular weight excluding hydrogens is 366 g/mol. The molecule has 1 aliphatic rings. The molecule has 2 aromatic rings. The molecule has 0 unspecified atom stereocenters. The Kier molecular flexibility index (Phi) is 5.64. The van der Waals surface area contributed by atoms with E-state index < -0.39 is 0 Å². The van der Waals surface area contributed by atoms with E-state index in [1.165, 1.54) is 16.7 Å². The Morgan fingerprint density at radius 2 is 1.88 bits per heavy atom. The molecule has 1 atom stereocenters. The van der Waals surface area contributed by atoms with Crippen LogP contribution < -0.4 is 9.47 Å². The zero-order chi connectivity index (χ0) is 18.7. The fourth-order valence-electron chi connectivity index (χ4n) is 2.55. The molecule has 3 rings (SSSR count). The number of thiocarbonyl (C=S) groups is 1. The molecule has 1 amide bonds. The fourth-order valence-corrected chi connectivity index (χ4v) is 3.73. The summed E-state index contributed by atoms with van der Waals surface area (Å²) in [6.45, 7) is 2.00. The molecule has 134 valence electrons. The van der Waals surface area contributed by atoms with Crippen molar-refractivity contribution in [2.24, 2.45) is 0 Å². The first kappa shape index (κ1) is 18.5. The van der Waals surface area contributed by atoms with E-state index in [2.05, 4.69) is 0 Å². The van der Waals surface area contributed by atoms with E-state index in [1.54, 1.807) is 14.2 Å². The van der Waals surface area contributed by atoms with Crippen molar-refractivity contribution in [3.8, 4) is 11.5 Å². The Hall–Kier alpha value is -2.31. The number of ether oxygens (including phenoxy) is 2. The molecular formula is C20H19NO3S2. The van der Waals surface area contributed by atoms with Crippen molar-refractivity contribution < 1.29 is 14.3 Å². The summed E-state index contributed by atoms with van der Waals surface area (Å²) in [6.07, 6.45) is 1.71. The van der Waals surface area contributed by atoms with Crippen molar-refractivity contribution in [1.29, 1.82) is 0 Å². The first-order valence-electron chi connectivity index (χ1n) is 8.11. The maximum absolute atomic E-state index is 12.1. The number of likely N-dealkylation sites (N-methyl/N-ethyl adjacent to an activating group) is 1. The molecule has 0 saturated carbocycles. The number of hydrogen-bond acceptors (Lipinski definition) is 5. The third-order valence-corrected chi connectivity index (χ3v) is 5.53. The Labute approximate surface area is 162 Å². The van der Waals surface area contributed by atoms with Crippen LogP contribution in [0.25, 0.3) is 6.08 Å². The van der Waals surface area contributed by atoms with Gasteiger partial charge in [-0.3, -0.25) is 9.69 Å². The summed E-state index contributed by atoms with van der Waals surface area (Å²) < 4.78 is 12.1. The van der Waals surface area contributed by atoms with Crippen molar-refractivity contribution >= 4 is 40.3 Å². The number of benzene rings is 2. The minimum atomic E-state index is -0.104. The van der Waals surface area contributed by atoms with E-state index in [-0.39, 0.29) is 12.0 Å². The van der Waals surface area contributed by atoms with Crippen LogP contribution in [0.15, 0.2) is 53.4 Å². The van der Waals surface area contributed by atoms with Crippen molar-refractivity contribution in [3.63, 3.8) is 0 Å². The van der Waals surface area contributed by atoms with Gasteiger partial charge in [0.05, 0.1) is 12.0 Å². The van der Waals surface area contributed by atoms with Crippen LogP contribution in [0, 0.1) is 0 Å². The third-order valence-electron chi connectivity index (χ3n) is 4.04. The Morgan fingerprint density at radius 1 is 1.15 bits per heavy atom. The molecule has 26 heavy (non-hydrogen) atoms. The molecule has 2 aromatic carbocycles. The number of nitrogens with zero attached hydrogens (tertiary/aromatic N) is 1. The maximum atomic E-state index is 12.1. The predicted molar refractivity (Wildman–Crippen MR) is 109 cm³/mol. The number of rotatable bonds is 5. The van der Waals surface area contributed by atoms with E-state index in [9.17, 15) is 4.79 Å². The lowest BCUT2D eigenvalue weighted by Crippen LogP contribution is -2.22. The average molecular weight is 386 g/mol. The molecule has 1 saturated heterocycles. The first-order valence-corrected chi connectivity index (χ1v) is 9.33. The zero-order valence-corrected chi connectivity index (χ0v) is 16.4. The van der Waals surface area contributed by atoms with Crippen LogP contribution in [0.4, 0.5) is 0 Å². The second kappa shape index (κ2) is 7.93. The van der Waals surface area contributed by atoms with Gasteiger partial charge < -0.3 is 9.47 Å². The quantitative estimate of drug-likeness (QED) is 0.553. The van der Waals surface area contributed by atoms with Crippen LogP contribution >= 0.6 is 24.0 Å². The van der Waals surface area contributed by atoms with E-state index in [1.807, 2.05) is 61.5 Å². The van der Waals surface area contributed by atoms with Gasteiger partial charge in [0.25, 0.3) is 5.91 Å². The summed E-state index contributed by atoms with van der Waals surface area (Å²) in [5.41, 5.74) is 1.95. The van der Waals surface area contributed by atoms with Crippen molar-refractivity contribution in [2.45, 2.75) is 13.0 Å². The van der Waals surface area contributed by atoms with Gasteiger partial charge in [-0.1, -0.05) is 60.4 Å². The van der Waals surface area contributed by atoms with Crippen LogP contribution in [0.1, 0.15) is 24.2 Å². The van der Waals surface area contributed by atoms with Gasteiger partial charge in [-0.15, -0.1) is 0 Å². The number of carbonyl (C=O) groups excluding carboxylic acids is 1. The van der Waals surface area contributed by atoms with Gasteiger partial charge in [0.15, 0.2) is 11.5 Å².